The average molecular weight is 1010 g/mol. The number of benzene rings is 12. The predicted molar refractivity (Wildman–Crippen MR) is 326 cm³/mol. The van der Waals surface area contributed by atoms with Gasteiger partial charge in [0, 0.05) is 100 Å². The van der Waals surface area contributed by atoms with E-state index < -0.39 is 0 Å². The first-order valence-electron chi connectivity index (χ1n) is 26.7. The summed E-state index contributed by atoms with van der Waals surface area (Å²) in [4.78, 5) is 4.69. The normalized spacial score (nSPS) is 12.1. The molecule has 17 rings (SSSR count). The molecular formula is C72H44N4O3. The van der Waals surface area contributed by atoms with Crippen LogP contribution in [0.3, 0.4) is 0 Å². The maximum Gasteiger partial charge on any atom is 0.137 e. The van der Waals surface area contributed by atoms with Crippen molar-refractivity contribution >= 4 is 144 Å². The SMILES string of the molecule is c1ccc(N(c2ccc3c(c2)oc2cc4c(cc23)oc2cc3c(cc24)oc2cc(N(c4ccccc4)c4cccc5c6ccccc6n(-c6ccccc6)c45)ccc23)c2cccc3c4ccccc4n(-c4ccccc4)c23)cc1. The molecule has 0 saturated carbocycles. The Morgan fingerprint density at radius 3 is 0.962 bits per heavy atom. The number of rotatable bonds is 8. The third kappa shape index (κ3) is 6.54. The molecule has 0 unspecified atom stereocenters. The van der Waals surface area contributed by atoms with Gasteiger partial charge in [0.05, 0.1) is 33.4 Å². The van der Waals surface area contributed by atoms with Gasteiger partial charge in [0.25, 0.3) is 0 Å². The maximum absolute atomic E-state index is 6.89. The van der Waals surface area contributed by atoms with Crippen molar-refractivity contribution in [2.45, 2.75) is 0 Å². The smallest absolute Gasteiger partial charge is 0.137 e. The number of hydrogen-bond donors (Lipinski definition) is 0. The lowest BCUT2D eigenvalue weighted by molar-refractivity contribution is 0.662. The standard InChI is InChI=1S/C72H44N4O3/c1-5-19-45(20-6-1)73(63-33-17-29-55-51-27-13-15-31-61(51)75(71(55)63)47-23-9-3-10-24-47)49-35-37-53-57-41-69-59(43-67(57)77-65(53)39-49)60-44-68-58(42-70(60)79-69)54-38-36-50(40-66(54)78-68)74(46-21-7-2-8-22-46)64-34-18-30-56-52-28-14-16-32-62(52)76(72(56)64)48-25-11-4-12-26-48/h1-44H. The van der Waals surface area contributed by atoms with Gasteiger partial charge in [0.2, 0.25) is 0 Å². The van der Waals surface area contributed by atoms with Crippen molar-refractivity contribution in [2.75, 3.05) is 9.80 Å². The van der Waals surface area contributed by atoms with Crippen LogP contribution in [0.15, 0.2) is 280 Å². The summed E-state index contributed by atoms with van der Waals surface area (Å²) in [7, 11) is 0. The topological polar surface area (TPSA) is 55.8 Å². The number of para-hydroxylation sites is 8. The van der Waals surface area contributed by atoms with E-state index >= 15 is 0 Å². The van der Waals surface area contributed by atoms with Gasteiger partial charge in [-0.2, -0.15) is 0 Å². The van der Waals surface area contributed by atoms with Gasteiger partial charge in [-0.05, 0) is 121 Å². The van der Waals surface area contributed by atoms with E-state index in [2.05, 4.69) is 286 Å². The van der Waals surface area contributed by atoms with Crippen molar-refractivity contribution < 1.29 is 13.3 Å². The molecule has 370 valence electrons. The van der Waals surface area contributed by atoms with Crippen LogP contribution in [-0.4, -0.2) is 9.13 Å². The molecule has 0 bridgehead atoms. The van der Waals surface area contributed by atoms with E-state index in [0.717, 1.165) is 133 Å². The zero-order valence-electron chi connectivity index (χ0n) is 42.4. The minimum atomic E-state index is 0.789. The number of aromatic nitrogens is 2. The van der Waals surface area contributed by atoms with Crippen LogP contribution in [0.4, 0.5) is 34.1 Å². The molecule has 0 spiro atoms. The van der Waals surface area contributed by atoms with E-state index in [1.165, 1.54) is 21.5 Å². The van der Waals surface area contributed by atoms with Crippen molar-refractivity contribution in [3.05, 3.63) is 267 Å². The molecule has 7 nitrogen and oxygen atoms in total. The minimum absolute atomic E-state index is 0.789. The molecule has 7 heteroatoms. The van der Waals surface area contributed by atoms with E-state index in [1.807, 2.05) is 0 Å². The summed E-state index contributed by atoms with van der Waals surface area (Å²) in [5.41, 5.74) is 17.7. The molecule has 0 atom stereocenters. The van der Waals surface area contributed by atoms with Crippen molar-refractivity contribution in [1.82, 2.24) is 9.13 Å². The Labute approximate surface area is 451 Å². The second-order valence-corrected chi connectivity index (χ2v) is 20.4. The van der Waals surface area contributed by atoms with Crippen molar-refractivity contribution in [3.63, 3.8) is 0 Å². The van der Waals surface area contributed by atoms with Crippen molar-refractivity contribution in [3.8, 4) is 11.4 Å². The van der Waals surface area contributed by atoms with Gasteiger partial charge in [0.15, 0.2) is 0 Å². The summed E-state index contributed by atoms with van der Waals surface area (Å²) in [5.74, 6) is 0. The molecule has 0 amide bonds. The molecule has 5 heterocycles. The average Bonchev–Trinajstić information content (AvgIpc) is 4.50. The fourth-order valence-electron chi connectivity index (χ4n) is 12.6. The van der Waals surface area contributed by atoms with E-state index in [9.17, 15) is 0 Å². The van der Waals surface area contributed by atoms with Gasteiger partial charge >= 0.3 is 0 Å². The molecule has 0 aliphatic rings. The number of nitrogens with zero attached hydrogens (tertiary/aromatic N) is 4. The second-order valence-electron chi connectivity index (χ2n) is 20.4. The van der Waals surface area contributed by atoms with Crippen LogP contribution in [0.25, 0.3) is 121 Å². The highest BCUT2D eigenvalue weighted by molar-refractivity contribution is 6.20. The molecule has 0 radical (unpaired) electrons. The van der Waals surface area contributed by atoms with Crippen LogP contribution >= 0.6 is 0 Å². The minimum Gasteiger partial charge on any atom is -0.456 e. The molecular weight excluding hydrogens is 969 g/mol. The van der Waals surface area contributed by atoms with Crippen molar-refractivity contribution in [2.24, 2.45) is 0 Å². The lowest BCUT2D eigenvalue weighted by atomic mass is 10.1. The highest BCUT2D eigenvalue weighted by Gasteiger charge is 2.25. The maximum atomic E-state index is 6.89. The molecule has 17 aromatic rings. The van der Waals surface area contributed by atoms with Crippen LogP contribution in [-0.2, 0) is 0 Å². The van der Waals surface area contributed by atoms with Gasteiger partial charge in [-0.1, -0.05) is 133 Å². The predicted octanol–water partition coefficient (Wildman–Crippen LogP) is 20.5. The Bertz CT molecular complexity index is 4930. The van der Waals surface area contributed by atoms with E-state index in [0.29, 0.717) is 0 Å². The Kier molecular flexibility index (Phi) is 9.28. The summed E-state index contributed by atoms with van der Waals surface area (Å²) in [6.07, 6.45) is 0. The number of anilines is 6. The molecule has 0 aliphatic heterocycles. The quantitative estimate of drug-likeness (QED) is 0.152. The largest absolute Gasteiger partial charge is 0.456 e. The molecule has 0 N–H and O–H groups in total. The molecule has 0 saturated heterocycles. The summed E-state index contributed by atoms with van der Waals surface area (Å²) >= 11 is 0. The number of furan rings is 3. The zero-order chi connectivity index (χ0) is 51.7. The second kappa shape index (κ2) is 16.9. The van der Waals surface area contributed by atoms with Gasteiger partial charge in [0.1, 0.15) is 33.5 Å². The van der Waals surface area contributed by atoms with E-state index in [-0.39, 0.29) is 0 Å². The van der Waals surface area contributed by atoms with Crippen LogP contribution in [0, 0.1) is 0 Å². The summed E-state index contributed by atoms with van der Waals surface area (Å²) in [5, 5.41) is 10.7. The monoisotopic (exact) mass is 1010 g/mol. The van der Waals surface area contributed by atoms with Gasteiger partial charge in [-0.3, -0.25) is 0 Å². The Morgan fingerprint density at radius 2 is 0.557 bits per heavy atom. The van der Waals surface area contributed by atoms with Gasteiger partial charge in [-0.15, -0.1) is 0 Å². The van der Waals surface area contributed by atoms with Gasteiger partial charge < -0.3 is 32.2 Å². The van der Waals surface area contributed by atoms with Crippen LogP contribution in [0.2, 0.25) is 0 Å². The molecule has 0 fully saturated rings. The highest BCUT2D eigenvalue weighted by atomic mass is 16.3. The fourth-order valence-corrected chi connectivity index (χ4v) is 12.6. The molecule has 79 heavy (non-hydrogen) atoms. The number of hydrogen-bond acceptors (Lipinski definition) is 5. The third-order valence-corrected chi connectivity index (χ3v) is 16.0. The van der Waals surface area contributed by atoms with Gasteiger partial charge in [-0.25, -0.2) is 0 Å². The third-order valence-electron chi connectivity index (χ3n) is 16.0. The Hall–Kier alpha value is -10.8. The Morgan fingerprint density at radius 1 is 0.228 bits per heavy atom. The first-order chi connectivity index (χ1) is 39.2. The zero-order valence-corrected chi connectivity index (χ0v) is 42.4. The lowest BCUT2D eigenvalue weighted by Gasteiger charge is -2.27. The Balaban J connectivity index is 0.791. The van der Waals surface area contributed by atoms with Crippen LogP contribution in [0.5, 0.6) is 0 Å². The lowest BCUT2D eigenvalue weighted by Crippen LogP contribution is -2.11. The highest BCUT2D eigenvalue weighted by Crippen LogP contribution is 2.48. The van der Waals surface area contributed by atoms with E-state index in [1.54, 1.807) is 0 Å². The van der Waals surface area contributed by atoms with Crippen LogP contribution < -0.4 is 9.80 Å². The van der Waals surface area contributed by atoms with E-state index in [4.69, 9.17) is 13.3 Å². The first kappa shape index (κ1) is 43.5. The fraction of sp³-hybridized carbons (Fsp3) is 0. The van der Waals surface area contributed by atoms with Crippen molar-refractivity contribution in [1.29, 1.82) is 0 Å². The summed E-state index contributed by atoms with van der Waals surface area (Å²) in [6.45, 7) is 0. The summed E-state index contributed by atoms with van der Waals surface area (Å²) in [6, 6.07) is 94.7. The first-order valence-corrected chi connectivity index (χ1v) is 26.7. The molecule has 5 aromatic heterocycles. The number of fused-ring (bicyclic) bond motifs is 15. The van der Waals surface area contributed by atoms with Crippen LogP contribution in [0.1, 0.15) is 0 Å². The molecule has 0 aliphatic carbocycles. The molecule has 12 aromatic carbocycles. The summed E-state index contributed by atoms with van der Waals surface area (Å²) < 4.78 is 25.3.